The lowest BCUT2D eigenvalue weighted by Crippen LogP contribution is -2.37. The Morgan fingerprint density at radius 1 is 1.19 bits per heavy atom. The summed E-state index contributed by atoms with van der Waals surface area (Å²) in [4.78, 5) is 2.46. The molecule has 0 radical (unpaired) electrons. The molecule has 2 N–H and O–H groups in total. The lowest BCUT2D eigenvalue weighted by atomic mass is 9.84. The molecular formula is C13H28N2O. The van der Waals surface area contributed by atoms with Gasteiger partial charge in [-0.05, 0) is 38.6 Å². The van der Waals surface area contributed by atoms with E-state index < -0.39 is 0 Å². The van der Waals surface area contributed by atoms with E-state index in [-0.39, 0.29) is 0 Å². The van der Waals surface area contributed by atoms with Gasteiger partial charge in [-0.2, -0.15) is 0 Å². The van der Waals surface area contributed by atoms with Gasteiger partial charge in [-0.15, -0.1) is 0 Å². The average Bonchev–Trinajstić information content (AvgIpc) is 2.34. The monoisotopic (exact) mass is 228 g/mol. The Bertz CT molecular complexity index is 167. The molecule has 1 aliphatic carbocycles. The van der Waals surface area contributed by atoms with Gasteiger partial charge in [0.1, 0.15) is 0 Å². The number of likely N-dealkylation sites (N-methyl/N-ethyl adjacent to an activating group) is 1. The molecule has 0 aromatic heterocycles. The highest BCUT2D eigenvalue weighted by atomic mass is 16.5. The summed E-state index contributed by atoms with van der Waals surface area (Å²) in [6.45, 7) is 5.50. The van der Waals surface area contributed by atoms with Crippen molar-refractivity contribution in [1.82, 2.24) is 4.90 Å². The summed E-state index contributed by atoms with van der Waals surface area (Å²) >= 11 is 0. The van der Waals surface area contributed by atoms with Gasteiger partial charge in [0.15, 0.2) is 0 Å². The van der Waals surface area contributed by atoms with Crippen LogP contribution in [0.2, 0.25) is 0 Å². The largest absolute Gasteiger partial charge is 0.379 e. The van der Waals surface area contributed by atoms with Crippen LogP contribution in [-0.4, -0.2) is 44.3 Å². The molecule has 0 heterocycles. The van der Waals surface area contributed by atoms with Crippen LogP contribution in [0.4, 0.5) is 0 Å². The molecule has 3 nitrogen and oxygen atoms in total. The number of rotatable bonds is 7. The van der Waals surface area contributed by atoms with Crippen molar-refractivity contribution in [1.29, 1.82) is 0 Å². The van der Waals surface area contributed by atoms with E-state index in [9.17, 15) is 0 Å². The molecule has 0 spiro atoms. The first-order valence-electron chi connectivity index (χ1n) is 6.76. The number of hydrogen-bond acceptors (Lipinski definition) is 3. The number of nitrogens with zero attached hydrogens (tertiary/aromatic N) is 1. The maximum absolute atomic E-state index is 5.42. The average molecular weight is 228 g/mol. The summed E-state index contributed by atoms with van der Waals surface area (Å²) in [5.41, 5.74) is 5.38. The molecule has 96 valence electrons. The lowest BCUT2D eigenvalue weighted by Gasteiger charge is -2.34. The predicted molar refractivity (Wildman–Crippen MR) is 68.5 cm³/mol. The van der Waals surface area contributed by atoms with Gasteiger partial charge in [0.25, 0.3) is 0 Å². The van der Waals surface area contributed by atoms with E-state index in [1.54, 1.807) is 0 Å². The molecule has 1 saturated carbocycles. The zero-order chi connectivity index (χ0) is 11.8. The van der Waals surface area contributed by atoms with Crippen molar-refractivity contribution in [3.05, 3.63) is 0 Å². The minimum atomic E-state index is 0.630. The second kappa shape index (κ2) is 8.04. The summed E-state index contributed by atoms with van der Waals surface area (Å²) < 4.78 is 5.42. The van der Waals surface area contributed by atoms with E-state index in [2.05, 4.69) is 18.9 Å². The van der Waals surface area contributed by atoms with Crippen LogP contribution in [0.3, 0.4) is 0 Å². The second-order valence-electron chi connectivity index (χ2n) is 4.96. The minimum absolute atomic E-state index is 0.630. The predicted octanol–water partition coefficient (Wildman–Crippen LogP) is 1.86. The third-order valence-electron chi connectivity index (χ3n) is 3.87. The van der Waals surface area contributed by atoms with Crippen molar-refractivity contribution < 1.29 is 4.74 Å². The molecule has 0 bridgehead atoms. The molecule has 0 atom stereocenters. The fraction of sp³-hybridized carbons (Fsp3) is 1.00. The summed E-state index contributed by atoms with van der Waals surface area (Å²) in [7, 11) is 2.22. The van der Waals surface area contributed by atoms with Gasteiger partial charge in [-0.3, -0.25) is 0 Å². The van der Waals surface area contributed by atoms with Gasteiger partial charge in [-0.25, -0.2) is 0 Å². The van der Waals surface area contributed by atoms with Crippen LogP contribution < -0.4 is 5.73 Å². The fourth-order valence-electron chi connectivity index (χ4n) is 2.57. The Morgan fingerprint density at radius 3 is 2.44 bits per heavy atom. The van der Waals surface area contributed by atoms with Gasteiger partial charge in [-0.1, -0.05) is 13.3 Å². The Labute approximate surface area is 100 Å². The van der Waals surface area contributed by atoms with Crippen molar-refractivity contribution in [2.45, 2.75) is 45.1 Å². The molecule has 1 fully saturated rings. The van der Waals surface area contributed by atoms with E-state index in [1.807, 2.05) is 0 Å². The first-order chi connectivity index (χ1) is 7.77. The number of hydrogen-bond donors (Lipinski definition) is 1. The quantitative estimate of drug-likeness (QED) is 0.676. The molecule has 0 aliphatic heterocycles. The highest BCUT2D eigenvalue weighted by Gasteiger charge is 2.22. The molecule has 0 aromatic carbocycles. The van der Waals surface area contributed by atoms with Crippen LogP contribution in [-0.2, 0) is 4.74 Å². The van der Waals surface area contributed by atoms with Crippen LogP contribution in [0.15, 0.2) is 0 Å². The highest BCUT2D eigenvalue weighted by molar-refractivity contribution is 4.77. The summed E-state index contributed by atoms with van der Waals surface area (Å²) in [6, 6.07) is 0.782. The van der Waals surface area contributed by atoms with Gasteiger partial charge < -0.3 is 15.4 Å². The van der Waals surface area contributed by atoms with Crippen molar-refractivity contribution in [2.24, 2.45) is 11.7 Å². The Hall–Kier alpha value is -0.120. The van der Waals surface area contributed by atoms with Crippen LogP contribution in [0.1, 0.15) is 39.0 Å². The zero-order valence-corrected chi connectivity index (χ0v) is 11.0. The standard InChI is InChI=1S/C13H28N2O/c1-3-12-4-6-13(7-5-12)15(2)9-11-16-10-8-14/h12-13H,3-11,14H2,1-2H3. The van der Waals surface area contributed by atoms with E-state index in [1.165, 1.54) is 32.1 Å². The normalized spacial score (nSPS) is 26.2. The maximum Gasteiger partial charge on any atom is 0.0594 e. The fourth-order valence-corrected chi connectivity index (χ4v) is 2.57. The molecule has 0 amide bonds. The molecule has 16 heavy (non-hydrogen) atoms. The maximum atomic E-state index is 5.42. The second-order valence-corrected chi connectivity index (χ2v) is 4.96. The SMILES string of the molecule is CCC1CCC(N(C)CCOCCN)CC1. The number of ether oxygens (including phenoxy) is 1. The van der Waals surface area contributed by atoms with Crippen molar-refractivity contribution in [3.8, 4) is 0 Å². The first-order valence-corrected chi connectivity index (χ1v) is 6.76. The van der Waals surface area contributed by atoms with Gasteiger partial charge >= 0.3 is 0 Å². The minimum Gasteiger partial charge on any atom is -0.379 e. The molecule has 1 aliphatic rings. The Balaban J connectivity index is 2.10. The number of nitrogens with two attached hydrogens (primary N) is 1. The van der Waals surface area contributed by atoms with E-state index >= 15 is 0 Å². The van der Waals surface area contributed by atoms with Crippen molar-refractivity contribution in [3.63, 3.8) is 0 Å². The van der Waals surface area contributed by atoms with E-state index in [0.717, 1.165) is 25.1 Å². The van der Waals surface area contributed by atoms with Crippen molar-refractivity contribution >= 4 is 0 Å². The third-order valence-corrected chi connectivity index (χ3v) is 3.87. The van der Waals surface area contributed by atoms with E-state index in [4.69, 9.17) is 10.5 Å². The van der Waals surface area contributed by atoms with E-state index in [0.29, 0.717) is 13.2 Å². The third kappa shape index (κ3) is 4.81. The molecule has 3 heteroatoms. The van der Waals surface area contributed by atoms with Crippen LogP contribution >= 0.6 is 0 Å². The smallest absolute Gasteiger partial charge is 0.0594 e. The molecule has 0 unspecified atom stereocenters. The molecular weight excluding hydrogens is 200 g/mol. The molecule has 0 aromatic rings. The lowest BCUT2D eigenvalue weighted by molar-refractivity contribution is 0.0884. The van der Waals surface area contributed by atoms with Crippen LogP contribution in [0.5, 0.6) is 0 Å². The highest BCUT2D eigenvalue weighted by Crippen LogP contribution is 2.28. The Morgan fingerprint density at radius 2 is 1.88 bits per heavy atom. The summed E-state index contributed by atoms with van der Waals surface area (Å²) in [6.07, 6.45) is 6.91. The van der Waals surface area contributed by atoms with Crippen LogP contribution in [0.25, 0.3) is 0 Å². The zero-order valence-electron chi connectivity index (χ0n) is 11.0. The summed E-state index contributed by atoms with van der Waals surface area (Å²) in [5.74, 6) is 0.984. The first kappa shape index (κ1) is 13.9. The van der Waals surface area contributed by atoms with Gasteiger partial charge in [0.2, 0.25) is 0 Å². The topological polar surface area (TPSA) is 38.5 Å². The van der Waals surface area contributed by atoms with Gasteiger partial charge in [0, 0.05) is 19.1 Å². The molecule has 1 rings (SSSR count). The summed E-state index contributed by atoms with van der Waals surface area (Å²) in [5, 5.41) is 0. The van der Waals surface area contributed by atoms with Crippen molar-refractivity contribution in [2.75, 3.05) is 33.4 Å². The van der Waals surface area contributed by atoms with Crippen LogP contribution in [0, 0.1) is 5.92 Å². The Kier molecular flexibility index (Phi) is 7.01. The molecule has 0 saturated heterocycles. The van der Waals surface area contributed by atoms with Gasteiger partial charge in [0.05, 0.1) is 13.2 Å².